The number of nitrogens with two attached hydrogens (primary N) is 1. The van der Waals surface area contributed by atoms with Crippen molar-refractivity contribution < 1.29 is 14.3 Å². The van der Waals surface area contributed by atoms with Gasteiger partial charge in [-0.15, -0.1) is 0 Å². The smallest absolute Gasteiger partial charge is 0.257 e. The van der Waals surface area contributed by atoms with Crippen LogP contribution in [0, 0.1) is 5.41 Å². The highest BCUT2D eigenvalue weighted by Crippen LogP contribution is 2.54. The van der Waals surface area contributed by atoms with Gasteiger partial charge in [-0.3, -0.25) is 9.59 Å². The molecule has 1 aromatic heterocycles. The van der Waals surface area contributed by atoms with Gasteiger partial charge >= 0.3 is 0 Å². The van der Waals surface area contributed by atoms with Crippen molar-refractivity contribution in [2.24, 2.45) is 5.41 Å². The first-order valence-corrected chi connectivity index (χ1v) is 10.7. The zero-order chi connectivity index (χ0) is 22.2. The van der Waals surface area contributed by atoms with Gasteiger partial charge < -0.3 is 20.7 Å². The lowest BCUT2D eigenvalue weighted by molar-refractivity contribution is -0.148. The van der Waals surface area contributed by atoms with E-state index in [4.69, 9.17) is 15.6 Å². The molecule has 0 atom stereocenters. The van der Waals surface area contributed by atoms with Gasteiger partial charge in [-0.05, 0) is 49.6 Å². The molecule has 8 heteroatoms. The molecule has 1 aliphatic heterocycles. The molecule has 1 aliphatic carbocycles. The fraction of sp³-hybridized carbons (Fsp3) is 0.435. The quantitative estimate of drug-likeness (QED) is 0.667. The average Bonchev–Trinajstić information content (AvgIpc) is 3.06. The van der Waals surface area contributed by atoms with Gasteiger partial charge in [0.25, 0.3) is 5.91 Å². The summed E-state index contributed by atoms with van der Waals surface area (Å²) in [5, 5.41) is 7.42. The largest absolute Gasteiger partial charge is 0.494 e. The second-order valence-corrected chi connectivity index (χ2v) is 8.47. The molecule has 31 heavy (non-hydrogen) atoms. The van der Waals surface area contributed by atoms with Crippen LogP contribution in [-0.2, 0) is 4.79 Å². The number of benzene rings is 1. The van der Waals surface area contributed by atoms with Crippen LogP contribution in [-0.4, -0.2) is 53.2 Å². The lowest BCUT2D eigenvalue weighted by Gasteiger charge is -2.58. The molecule has 3 N–H and O–H groups in total. The van der Waals surface area contributed by atoms with Crippen molar-refractivity contribution >= 4 is 17.6 Å². The second kappa shape index (κ2) is 8.09. The number of hydrogen-bond acceptors (Lipinski definition) is 5. The summed E-state index contributed by atoms with van der Waals surface area (Å²) < 4.78 is 7.43. The van der Waals surface area contributed by atoms with Crippen molar-refractivity contribution in [3.8, 4) is 17.0 Å². The molecule has 0 radical (unpaired) electrons. The maximum Gasteiger partial charge on any atom is 0.257 e. The number of hydrogen-bond donors (Lipinski definition) is 2. The molecule has 2 fully saturated rings. The maximum atomic E-state index is 12.6. The zero-order valence-corrected chi connectivity index (χ0v) is 18.1. The molecule has 164 valence electrons. The first kappa shape index (κ1) is 21.0. The van der Waals surface area contributed by atoms with E-state index in [2.05, 4.69) is 18.8 Å². The van der Waals surface area contributed by atoms with E-state index >= 15 is 0 Å². The minimum atomic E-state index is -0.259. The number of rotatable bonds is 7. The number of carbonyl (C=O) groups is 2. The predicted molar refractivity (Wildman–Crippen MR) is 119 cm³/mol. The SMILES string of the molecule is C=CC(=O)N1CC2(CC(n3nc(-c4ccc(OCCC)cc4)c(C(=O)NC)c3N)C2)C1. The fourth-order valence-electron chi connectivity index (χ4n) is 4.63. The number of amides is 2. The summed E-state index contributed by atoms with van der Waals surface area (Å²) in [5.41, 5.74) is 8.31. The van der Waals surface area contributed by atoms with Crippen molar-refractivity contribution in [1.29, 1.82) is 0 Å². The second-order valence-electron chi connectivity index (χ2n) is 8.47. The summed E-state index contributed by atoms with van der Waals surface area (Å²) in [6.07, 6.45) is 4.06. The van der Waals surface area contributed by atoms with E-state index in [9.17, 15) is 9.59 Å². The van der Waals surface area contributed by atoms with Crippen LogP contribution in [0.2, 0.25) is 0 Å². The standard InChI is InChI=1S/C23H29N5O3/c1-4-10-31-17-8-6-15(7-9-17)20-19(22(30)25-3)21(24)28(26-20)16-11-23(12-16)13-27(14-23)18(29)5-2/h5-9,16H,2,4,10-14,24H2,1,3H3,(H,25,30). The van der Waals surface area contributed by atoms with E-state index in [0.29, 0.717) is 23.7 Å². The van der Waals surface area contributed by atoms with Gasteiger partial charge in [0.1, 0.15) is 22.8 Å². The molecule has 2 heterocycles. The topological polar surface area (TPSA) is 102 Å². The van der Waals surface area contributed by atoms with E-state index in [-0.39, 0.29) is 23.3 Å². The van der Waals surface area contributed by atoms with Crippen LogP contribution in [0.1, 0.15) is 42.6 Å². The van der Waals surface area contributed by atoms with Crippen LogP contribution >= 0.6 is 0 Å². The van der Waals surface area contributed by atoms with Crippen LogP contribution in [0.4, 0.5) is 5.82 Å². The highest BCUT2D eigenvalue weighted by molar-refractivity contribution is 6.04. The Labute approximate surface area is 182 Å². The lowest BCUT2D eigenvalue weighted by Crippen LogP contribution is -2.63. The van der Waals surface area contributed by atoms with Crippen LogP contribution in [0.15, 0.2) is 36.9 Å². The minimum Gasteiger partial charge on any atom is -0.494 e. The van der Waals surface area contributed by atoms with Gasteiger partial charge in [0.05, 0.1) is 12.6 Å². The zero-order valence-electron chi connectivity index (χ0n) is 18.1. The van der Waals surface area contributed by atoms with Gasteiger partial charge in [0.2, 0.25) is 5.91 Å². The molecule has 2 aliphatic rings. The third-order valence-electron chi connectivity index (χ3n) is 6.22. The van der Waals surface area contributed by atoms with E-state index in [1.165, 1.54) is 6.08 Å². The molecule has 1 saturated carbocycles. The highest BCUT2D eigenvalue weighted by atomic mass is 16.5. The maximum absolute atomic E-state index is 12.6. The summed E-state index contributed by atoms with van der Waals surface area (Å²) in [4.78, 5) is 26.1. The summed E-state index contributed by atoms with van der Waals surface area (Å²) in [5.74, 6) is 0.872. The highest BCUT2D eigenvalue weighted by Gasteiger charge is 2.54. The number of nitrogens with zero attached hydrogens (tertiary/aromatic N) is 3. The molecular formula is C23H29N5O3. The lowest BCUT2D eigenvalue weighted by atomic mass is 9.60. The molecule has 2 amide bonds. The number of carbonyl (C=O) groups excluding carboxylic acids is 2. The van der Waals surface area contributed by atoms with Gasteiger partial charge in [0.15, 0.2) is 0 Å². The van der Waals surface area contributed by atoms with Crippen molar-refractivity contribution in [2.45, 2.75) is 32.2 Å². The number of likely N-dealkylation sites (tertiary alicyclic amines) is 1. The Balaban J connectivity index is 1.56. The molecule has 0 bridgehead atoms. The Hall–Kier alpha value is -3.29. The Morgan fingerprint density at radius 3 is 2.58 bits per heavy atom. The Morgan fingerprint density at radius 2 is 2.00 bits per heavy atom. The van der Waals surface area contributed by atoms with Gasteiger partial charge in [-0.2, -0.15) is 5.10 Å². The van der Waals surface area contributed by atoms with Gasteiger partial charge in [-0.25, -0.2) is 4.68 Å². The molecule has 8 nitrogen and oxygen atoms in total. The first-order valence-electron chi connectivity index (χ1n) is 10.7. The van der Waals surface area contributed by atoms with Crippen LogP contribution in [0.5, 0.6) is 5.75 Å². The van der Waals surface area contributed by atoms with Gasteiger partial charge in [-0.1, -0.05) is 13.5 Å². The van der Waals surface area contributed by atoms with Gasteiger partial charge in [0, 0.05) is 31.1 Å². The normalized spacial score (nSPS) is 17.0. The number of aromatic nitrogens is 2. The average molecular weight is 424 g/mol. The Kier molecular flexibility index (Phi) is 5.47. The van der Waals surface area contributed by atoms with E-state index in [1.54, 1.807) is 16.6 Å². The van der Waals surface area contributed by atoms with Crippen molar-refractivity contribution in [3.63, 3.8) is 0 Å². The molecule has 2 aromatic rings. The predicted octanol–water partition coefficient (Wildman–Crippen LogP) is 2.63. The molecule has 4 rings (SSSR count). The Bertz CT molecular complexity index is 997. The third kappa shape index (κ3) is 3.66. The van der Waals surface area contributed by atoms with Crippen molar-refractivity contribution in [2.75, 3.05) is 32.5 Å². The minimum absolute atomic E-state index is 0.0248. The monoisotopic (exact) mass is 423 g/mol. The van der Waals surface area contributed by atoms with E-state index < -0.39 is 0 Å². The number of ether oxygens (including phenoxy) is 1. The summed E-state index contributed by atoms with van der Waals surface area (Å²) >= 11 is 0. The Morgan fingerprint density at radius 1 is 1.32 bits per heavy atom. The summed E-state index contributed by atoms with van der Waals surface area (Å²) in [7, 11) is 1.59. The molecule has 1 saturated heterocycles. The third-order valence-corrected chi connectivity index (χ3v) is 6.22. The first-order chi connectivity index (χ1) is 14.9. The van der Waals surface area contributed by atoms with Crippen molar-refractivity contribution in [3.05, 3.63) is 42.5 Å². The number of nitrogen functional groups attached to an aromatic ring is 1. The van der Waals surface area contributed by atoms with Crippen molar-refractivity contribution in [1.82, 2.24) is 20.0 Å². The number of nitrogens with one attached hydrogen (secondary N) is 1. The van der Waals surface area contributed by atoms with Crippen LogP contribution in [0.3, 0.4) is 0 Å². The molecular weight excluding hydrogens is 394 g/mol. The summed E-state index contributed by atoms with van der Waals surface area (Å²) in [6.45, 7) is 7.74. The number of anilines is 1. The molecule has 1 spiro atoms. The molecule has 1 aromatic carbocycles. The van der Waals surface area contributed by atoms with E-state index in [0.717, 1.165) is 43.7 Å². The fourth-order valence-corrected chi connectivity index (χ4v) is 4.63. The molecule has 0 unspecified atom stereocenters. The van der Waals surface area contributed by atoms with E-state index in [1.807, 2.05) is 24.3 Å². The summed E-state index contributed by atoms with van der Waals surface area (Å²) in [6, 6.07) is 7.68. The van der Waals surface area contributed by atoms with Crippen LogP contribution in [0.25, 0.3) is 11.3 Å². The van der Waals surface area contributed by atoms with Crippen LogP contribution < -0.4 is 15.8 Å².